The number of aromatic nitrogens is 4. The first kappa shape index (κ1) is 13.6. The van der Waals surface area contributed by atoms with Crippen molar-refractivity contribution in [3.8, 4) is 0 Å². The van der Waals surface area contributed by atoms with Crippen LogP contribution in [0.1, 0.15) is 11.4 Å². The largest absolute Gasteiger partial charge is 0.383 e. The monoisotopic (exact) mass is 261 g/mol. The fourth-order valence-electron chi connectivity index (χ4n) is 1.78. The van der Waals surface area contributed by atoms with Crippen molar-refractivity contribution in [2.45, 2.75) is 19.5 Å². The number of aryl methyl sites for hydroxylation is 2. The summed E-state index contributed by atoms with van der Waals surface area (Å²) in [7, 11) is 1.69. The molecule has 1 aromatic carbocycles. The summed E-state index contributed by atoms with van der Waals surface area (Å²) in [5.74, 6) is 0.854. The van der Waals surface area contributed by atoms with Gasteiger partial charge in [-0.3, -0.25) is 0 Å². The minimum Gasteiger partial charge on any atom is -0.383 e. The Kier molecular flexibility index (Phi) is 5.46. The summed E-state index contributed by atoms with van der Waals surface area (Å²) >= 11 is 0. The van der Waals surface area contributed by atoms with Gasteiger partial charge in [0, 0.05) is 20.2 Å². The third-order valence-corrected chi connectivity index (χ3v) is 2.83. The molecule has 102 valence electrons. The SMILES string of the molecule is COCCNCc1nnnn1CCc1ccccc1. The lowest BCUT2D eigenvalue weighted by atomic mass is 10.1. The van der Waals surface area contributed by atoms with E-state index >= 15 is 0 Å². The quantitative estimate of drug-likeness (QED) is 0.707. The van der Waals surface area contributed by atoms with E-state index in [1.807, 2.05) is 22.9 Å². The predicted octanol–water partition coefficient (Wildman–Crippen LogP) is 0.652. The minimum absolute atomic E-state index is 0.658. The molecular formula is C13H19N5O. The van der Waals surface area contributed by atoms with Crippen molar-refractivity contribution < 1.29 is 4.74 Å². The van der Waals surface area contributed by atoms with Crippen LogP contribution in [-0.2, 0) is 24.2 Å². The third-order valence-electron chi connectivity index (χ3n) is 2.83. The lowest BCUT2D eigenvalue weighted by Gasteiger charge is -2.06. The number of ether oxygens (including phenoxy) is 1. The zero-order valence-corrected chi connectivity index (χ0v) is 11.1. The maximum atomic E-state index is 4.98. The molecule has 0 aliphatic heterocycles. The second-order valence-electron chi connectivity index (χ2n) is 4.22. The second-order valence-corrected chi connectivity index (χ2v) is 4.22. The van der Waals surface area contributed by atoms with Gasteiger partial charge in [-0.1, -0.05) is 30.3 Å². The van der Waals surface area contributed by atoms with Crippen molar-refractivity contribution in [2.75, 3.05) is 20.3 Å². The van der Waals surface area contributed by atoms with E-state index < -0.39 is 0 Å². The van der Waals surface area contributed by atoms with Crippen molar-refractivity contribution in [2.24, 2.45) is 0 Å². The van der Waals surface area contributed by atoms with E-state index in [9.17, 15) is 0 Å². The van der Waals surface area contributed by atoms with E-state index in [2.05, 4.69) is 33.0 Å². The first-order valence-corrected chi connectivity index (χ1v) is 6.39. The molecule has 2 rings (SSSR count). The molecule has 6 heteroatoms. The molecule has 0 radical (unpaired) electrons. The molecule has 0 atom stereocenters. The Morgan fingerprint density at radius 3 is 2.89 bits per heavy atom. The molecule has 6 nitrogen and oxygen atoms in total. The summed E-state index contributed by atoms with van der Waals surface area (Å²) in [5.41, 5.74) is 1.29. The molecule has 0 aliphatic carbocycles. The Morgan fingerprint density at radius 2 is 2.11 bits per heavy atom. The van der Waals surface area contributed by atoms with E-state index in [0.29, 0.717) is 13.2 Å². The van der Waals surface area contributed by atoms with Gasteiger partial charge in [-0.2, -0.15) is 0 Å². The lowest BCUT2D eigenvalue weighted by Crippen LogP contribution is -2.21. The van der Waals surface area contributed by atoms with E-state index in [-0.39, 0.29) is 0 Å². The number of hydrogen-bond acceptors (Lipinski definition) is 5. The van der Waals surface area contributed by atoms with Crippen molar-refractivity contribution in [1.29, 1.82) is 0 Å². The number of tetrazole rings is 1. The molecule has 0 fully saturated rings. The number of benzene rings is 1. The third kappa shape index (κ3) is 4.42. The molecule has 0 unspecified atom stereocenters. The summed E-state index contributed by atoms with van der Waals surface area (Å²) in [4.78, 5) is 0. The molecule has 0 saturated heterocycles. The van der Waals surface area contributed by atoms with Gasteiger partial charge in [0.2, 0.25) is 0 Å². The average Bonchev–Trinajstić information content (AvgIpc) is 2.90. The predicted molar refractivity (Wildman–Crippen MR) is 71.5 cm³/mol. The van der Waals surface area contributed by atoms with Crippen LogP contribution in [0.2, 0.25) is 0 Å². The standard InChI is InChI=1S/C13H19N5O/c1-19-10-8-14-11-13-15-16-17-18(13)9-7-12-5-3-2-4-6-12/h2-6,14H,7-11H2,1H3. The molecule has 1 N–H and O–H groups in total. The highest BCUT2D eigenvalue weighted by atomic mass is 16.5. The second kappa shape index (κ2) is 7.60. The molecule has 0 aliphatic rings. The topological polar surface area (TPSA) is 64.9 Å². The first-order chi connectivity index (χ1) is 9.40. The Labute approximate surface area is 112 Å². The van der Waals surface area contributed by atoms with E-state index in [1.54, 1.807) is 7.11 Å². The van der Waals surface area contributed by atoms with E-state index in [0.717, 1.165) is 25.3 Å². The Balaban J connectivity index is 1.82. The molecule has 0 bridgehead atoms. The van der Waals surface area contributed by atoms with Crippen LogP contribution in [0.4, 0.5) is 0 Å². The molecule has 1 aromatic heterocycles. The van der Waals surface area contributed by atoms with Crippen molar-refractivity contribution in [3.05, 3.63) is 41.7 Å². The van der Waals surface area contributed by atoms with Gasteiger partial charge < -0.3 is 10.1 Å². The maximum absolute atomic E-state index is 4.98. The molecule has 1 heterocycles. The number of nitrogens with one attached hydrogen (secondary N) is 1. The number of nitrogens with zero attached hydrogens (tertiary/aromatic N) is 4. The van der Waals surface area contributed by atoms with E-state index in [1.165, 1.54) is 5.56 Å². The minimum atomic E-state index is 0.658. The van der Waals surface area contributed by atoms with Crippen molar-refractivity contribution in [3.63, 3.8) is 0 Å². The van der Waals surface area contributed by atoms with Gasteiger partial charge in [0.15, 0.2) is 5.82 Å². The maximum Gasteiger partial charge on any atom is 0.165 e. The van der Waals surface area contributed by atoms with Crippen molar-refractivity contribution in [1.82, 2.24) is 25.5 Å². The van der Waals surface area contributed by atoms with E-state index in [4.69, 9.17) is 4.74 Å². The van der Waals surface area contributed by atoms with Gasteiger partial charge in [0.05, 0.1) is 13.2 Å². The van der Waals surface area contributed by atoms with Crippen LogP contribution in [0.15, 0.2) is 30.3 Å². The highest BCUT2D eigenvalue weighted by Crippen LogP contribution is 2.02. The van der Waals surface area contributed by atoms with Crippen LogP contribution in [0.5, 0.6) is 0 Å². The summed E-state index contributed by atoms with van der Waals surface area (Å²) in [6.45, 7) is 2.93. The van der Waals surface area contributed by atoms with Crippen LogP contribution >= 0.6 is 0 Å². The van der Waals surface area contributed by atoms with Gasteiger partial charge in [0.25, 0.3) is 0 Å². The van der Waals surface area contributed by atoms with Crippen LogP contribution in [0, 0.1) is 0 Å². The molecule has 0 spiro atoms. The summed E-state index contributed by atoms with van der Waals surface area (Å²) in [6, 6.07) is 10.3. The van der Waals surface area contributed by atoms with Gasteiger partial charge in [-0.05, 0) is 22.4 Å². The first-order valence-electron chi connectivity index (χ1n) is 6.39. The number of methoxy groups -OCH3 is 1. The molecule has 19 heavy (non-hydrogen) atoms. The number of hydrogen-bond donors (Lipinski definition) is 1. The highest BCUT2D eigenvalue weighted by Gasteiger charge is 2.05. The van der Waals surface area contributed by atoms with Crippen molar-refractivity contribution >= 4 is 0 Å². The molecular weight excluding hydrogens is 242 g/mol. The summed E-state index contributed by atoms with van der Waals surface area (Å²) < 4.78 is 6.82. The Bertz CT molecular complexity index is 471. The van der Waals surface area contributed by atoms with Crippen LogP contribution < -0.4 is 5.32 Å². The van der Waals surface area contributed by atoms with Crippen LogP contribution in [0.25, 0.3) is 0 Å². The smallest absolute Gasteiger partial charge is 0.165 e. The highest BCUT2D eigenvalue weighted by molar-refractivity contribution is 5.14. The Hall–Kier alpha value is -1.79. The van der Waals surface area contributed by atoms with Gasteiger partial charge in [-0.25, -0.2) is 4.68 Å². The zero-order chi connectivity index (χ0) is 13.3. The van der Waals surface area contributed by atoms with Crippen LogP contribution in [-0.4, -0.2) is 40.5 Å². The fourth-order valence-corrected chi connectivity index (χ4v) is 1.78. The summed E-state index contributed by atoms with van der Waals surface area (Å²) in [5, 5.41) is 15.0. The number of rotatable bonds is 8. The zero-order valence-electron chi connectivity index (χ0n) is 11.1. The normalized spacial score (nSPS) is 10.8. The summed E-state index contributed by atoms with van der Waals surface area (Å²) in [6.07, 6.45) is 0.928. The Morgan fingerprint density at radius 1 is 1.26 bits per heavy atom. The fraction of sp³-hybridized carbons (Fsp3) is 0.462. The molecule has 0 amide bonds. The lowest BCUT2D eigenvalue weighted by molar-refractivity contribution is 0.198. The molecule has 0 saturated carbocycles. The average molecular weight is 261 g/mol. The van der Waals surface area contributed by atoms with Gasteiger partial charge in [-0.15, -0.1) is 5.10 Å². The molecule has 2 aromatic rings. The van der Waals surface area contributed by atoms with Gasteiger partial charge in [0.1, 0.15) is 0 Å². The van der Waals surface area contributed by atoms with Crippen LogP contribution in [0.3, 0.4) is 0 Å². The van der Waals surface area contributed by atoms with Gasteiger partial charge >= 0.3 is 0 Å².